The Hall–Kier alpha value is -2.81. The Kier molecular flexibility index (Phi) is 7.59. The molecule has 150 valence electrons. The molecular formula is C18H26N2O7. The zero-order valence-corrected chi connectivity index (χ0v) is 15.7. The standard InChI is InChI=1S/C18H26N2O7/c1-10(21)14(16(24)25)20-15(23)13(19-17(26)27-18(2,3)4)9-11-5-7-12(22)8-6-11/h5-8,10,13-14,21-22H,9H2,1-4H3,(H,19,26)(H,20,23)(H,24,25)/t10-,13+,14+/m1/s1. The highest BCUT2D eigenvalue weighted by molar-refractivity contribution is 5.89. The van der Waals surface area contributed by atoms with Gasteiger partial charge in [0.2, 0.25) is 5.91 Å². The maximum Gasteiger partial charge on any atom is 0.408 e. The van der Waals surface area contributed by atoms with E-state index >= 15 is 0 Å². The number of ether oxygens (including phenoxy) is 1. The number of hydrogen-bond donors (Lipinski definition) is 5. The van der Waals surface area contributed by atoms with Crippen LogP contribution in [0.25, 0.3) is 0 Å². The van der Waals surface area contributed by atoms with Crippen LogP contribution in [0.4, 0.5) is 4.79 Å². The molecule has 0 saturated carbocycles. The van der Waals surface area contributed by atoms with Crippen molar-refractivity contribution in [3.8, 4) is 5.75 Å². The van der Waals surface area contributed by atoms with E-state index in [4.69, 9.17) is 9.84 Å². The lowest BCUT2D eigenvalue weighted by Gasteiger charge is -2.25. The number of amides is 2. The Morgan fingerprint density at radius 2 is 1.67 bits per heavy atom. The number of aliphatic carboxylic acids is 1. The lowest BCUT2D eigenvalue weighted by molar-refractivity contribution is -0.145. The topological polar surface area (TPSA) is 145 Å². The monoisotopic (exact) mass is 382 g/mol. The second-order valence-corrected chi connectivity index (χ2v) is 7.13. The van der Waals surface area contributed by atoms with Gasteiger partial charge in [-0.05, 0) is 45.4 Å². The third-order valence-corrected chi connectivity index (χ3v) is 3.43. The first kappa shape index (κ1) is 22.2. The summed E-state index contributed by atoms with van der Waals surface area (Å²) in [5.41, 5.74) is -0.166. The van der Waals surface area contributed by atoms with Gasteiger partial charge in [0.1, 0.15) is 17.4 Å². The van der Waals surface area contributed by atoms with Crippen molar-refractivity contribution in [1.82, 2.24) is 10.6 Å². The highest BCUT2D eigenvalue weighted by atomic mass is 16.6. The lowest BCUT2D eigenvalue weighted by atomic mass is 10.0. The molecule has 0 aromatic heterocycles. The maximum absolute atomic E-state index is 12.5. The number of carbonyl (C=O) groups is 3. The third kappa shape index (κ3) is 7.95. The highest BCUT2D eigenvalue weighted by Gasteiger charge is 2.30. The van der Waals surface area contributed by atoms with Crippen molar-refractivity contribution in [2.45, 2.75) is 57.9 Å². The number of alkyl carbamates (subject to hydrolysis) is 1. The van der Waals surface area contributed by atoms with Crippen LogP contribution in [0.5, 0.6) is 5.75 Å². The Labute approximate surface area is 157 Å². The van der Waals surface area contributed by atoms with Crippen molar-refractivity contribution in [1.29, 1.82) is 0 Å². The number of carbonyl (C=O) groups excluding carboxylic acids is 2. The Morgan fingerprint density at radius 3 is 2.11 bits per heavy atom. The molecule has 1 aromatic rings. The minimum Gasteiger partial charge on any atom is -0.508 e. The molecule has 3 atom stereocenters. The van der Waals surface area contributed by atoms with Crippen molar-refractivity contribution in [3.05, 3.63) is 29.8 Å². The highest BCUT2D eigenvalue weighted by Crippen LogP contribution is 2.13. The van der Waals surface area contributed by atoms with Gasteiger partial charge in [0.05, 0.1) is 6.10 Å². The van der Waals surface area contributed by atoms with Crippen molar-refractivity contribution in [2.75, 3.05) is 0 Å². The van der Waals surface area contributed by atoms with Gasteiger partial charge in [0.15, 0.2) is 6.04 Å². The first-order valence-electron chi connectivity index (χ1n) is 8.37. The Bertz CT molecular complexity index is 665. The van der Waals surface area contributed by atoms with Crippen LogP contribution < -0.4 is 10.6 Å². The molecule has 0 aliphatic heterocycles. The zero-order valence-electron chi connectivity index (χ0n) is 15.7. The first-order valence-corrected chi connectivity index (χ1v) is 8.37. The fraction of sp³-hybridized carbons (Fsp3) is 0.500. The van der Waals surface area contributed by atoms with E-state index in [0.717, 1.165) is 0 Å². The average molecular weight is 382 g/mol. The first-order chi connectivity index (χ1) is 12.4. The molecule has 0 spiro atoms. The summed E-state index contributed by atoms with van der Waals surface area (Å²) in [6.07, 6.45) is -2.15. The number of rotatable bonds is 7. The number of carboxylic acids is 1. The quantitative estimate of drug-likeness (QED) is 0.468. The van der Waals surface area contributed by atoms with E-state index in [9.17, 15) is 24.6 Å². The molecule has 0 saturated heterocycles. The van der Waals surface area contributed by atoms with E-state index in [2.05, 4.69) is 10.6 Å². The van der Waals surface area contributed by atoms with Gasteiger partial charge < -0.3 is 30.7 Å². The number of hydrogen-bond acceptors (Lipinski definition) is 6. The lowest BCUT2D eigenvalue weighted by Crippen LogP contribution is -2.55. The number of aliphatic hydroxyl groups is 1. The van der Waals surface area contributed by atoms with Crippen LogP contribution in [0, 0.1) is 0 Å². The van der Waals surface area contributed by atoms with Crippen molar-refractivity contribution >= 4 is 18.0 Å². The second-order valence-electron chi connectivity index (χ2n) is 7.13. The summed E-state index contributed by atoms with van der Waals surface area (Å²) in [4.78, 5) is 35.8. The number of phenols is 1. The molecule has 0 bridgehead atoms. The van der Waals surface area contributed by atoms with Crippen molar-refractivity contribution in [2.24, 2.45) is 0 Å². The smallest absolute Gasteiger partial charge is 0.408 e. The zero-order chi connectivity index (χ0) is 20.8. The summed E-state index contributed by atoms with van der Waals surface area (Å²) in [5.74, 6) is -2.15. The second kappa shape index (κ2) is 9.22. The Morgan fingerprint density at radius 1 is 1.11 bits per heavy atom. The number of benzene rings is 1. The van der Waals surface area contributed by atoms with E-state index < -0.39 is 41.8 Å². The third-order valence-electron chi connectivity index (χ3n) is 3.43. The summed E-state index contributed by atoms with van der Waals surface area (Å²) in [6.45, 7) is 6.22. The predicted octanol–water partition coefficient (Wildman–Crippen LogP) is 0.778. The van der Waals surface area contributed by atoms with E-state index in [0.29, 0.717) is 5.56 Å². The maximum atomic E-state index is 12.5. The van der Waals surface area contributed by atoms with Gasteiger partial charge in [-0.3, -0.25) is 4.79 Å². The van der Waals surface area contributed by atoms with Gasteiger partial charge in [-0.15, -0.1) is 0 Å². The average Bonchev–Trinajstić information content (AvgIpc) is 2.51. The SMILES string of the molecule is C[C@@H](O)[C@H](NC(=O)[C@H](Cc1ccc(O)cc1)NC(=O)OC(C)(C)C)C(=O)O. The molecule has 0 radical (unpaired) electrons. The van der Waals surface area contributed by atoms with Gasteiger partial charge in [-0.2, -0.15) is 0 Å². The number of carboxylic acid groups (broad SMARTS) is 1. The molecular weight excluding hydrogens is 356 g/mol. The summed E-state index contributed by atoms with van der Waals surface area (Å²) in [5, 5.41) is 32.6. The molecule has 0 aliphatic rings. The minimum absolute atomic E-state index is 0.0253. The molecule has 0 unspecified atom stereocenters. The number of nitrogens with one attached hydrogen (secondary N) is 2. The van der Waals surface area contributed by atoms with E-state index in [1.54, 1.807) is 32.9 Å². The van der Waals surface area contributed by atoms with Crippen LogP contribution in [0.3, 0.4) is 0 Å². The van der Waals surface area contributed by atoms with Crippen LogP contribution in [0.1, 0.15) is 33.3 Å². The summed E-state index contributed by atoms with van der Waals surface area (Å²) >= 11 is 0. The van der Waals surface area contributed by atoms with Gasteiger partial charge in [-0.1, -0.05) is 12.1 Å². The molecule has 0 heterocycles. The van der Waals surface area contributed by atoms with Gasteiger partial charge >= 0.3 is 12.1 Å². The molecule has 1 aromatic carbocycles. The predicted molar refractivity (Wildman–Crippen MR) is 96.2 cm³/mol. The summed E-state index contributed by atoms with van der Waals surface area (Å²) in [6, 6.07) is 3.30. The number of aliphatic hydroxyl groups excluding tert-OH is 1. The normalized spacial score (nSPS) is 14.6. The fourth-order valence-electron chi connectivity index (χ4n) is 2.17. The van der Waals surface area contributed by atoms with Gasteiger partial charge in [-0.25, -0.2) is 9.59 Å². The molecule has 1 rings (SSSR count). The minimum atomic E-state index is -1.53. The van der Waals surface area contributed by atoms with Crippen LogP contribution in [-0.2, 0) is 20.7 Å². The Balaban J connectivity index is 2.97. The largest absolute Gasteiger partial charge is 0.508 e. The molecule has 9 heteroatoms. The van der Waals surface area contributed by atoms with Crippen LogP contribution >= 0.6 is 0 Å². The molecule has 5 N–H and O–H groups in total. The van der Waals surface area contributed by atoms with Gasteiger partial charge in [0.25, 0.3) is 0 Å². The molecule has 27 heavy (non-hydrogen) atoms. The number of aromatic hydroxyl groups is 1. The number of phenolic OH excluding ortho intramolecular Hbond substituents is 1. The molecule has 9 nitrogen and oxygen atoms in total. The van der Waals surface area contributed by atoms with Crippen LogP contribution in [0.15, 0.2) is 24.3 Å². The summed E-state index contributed by atoms with van der Waals surface area (Å²) < 4.78 is 5.14. The van der Waals surface area contributed by atoms with Crippen LogP contribution in [-0.4, -0.2) is 57.1 Å². The van der Waals surface area contributed by atoms with Crippen molar-refractivity contribution < 1.29 is 34.4 Å². The molecule has 0 aliphatic carbocycles. The van der Waals surface area contributed by atoms with E-state index in [1.165, 1.54) is 19.1 Å². The fourth-order valence-corrected chi connectivity index (χ4v) is 2.17. The molecule has 0 fully saturated rings. The van der Waals surface area contributed by atoms with Crippen LogP contribution in [0.2, 0.25) is 0 Å². The molecule has 2 amide bonds. The van der Waals surface area contributed by atoms with Gasteiger partial charge in [0, 0.05) is 6.42 Å². The van der Waals surface area contributed by atoms with E-state index in [1.807, 2.05) is 0 Å². The van der Waals surface area contributed by atoms with Crippen molar-refractivity contribution in [3.63, 3.8) is 0 Å². The van der Waals surface area contributed by atoms with E-state index in [-0.39, 0.29) is 12.2 Å². The summed E-state index contributed by atoms with van der Waals surface area (Å²) in [7, 11) is 0.